The first-order chi connectivity index (χ1) is 10.3. The molecule has 2 aromatic carbocycles. The van der Waals surface area contributed by atoms with Crippen molar-refractivity contribution in [1.82, 2.24) is 4.98 Å². The van der Waals surface area contributed by atoms with Crippen LogP contribution in [-0.2, 0) is 6.54 Å². The van der Waals surface area contributed by atoms with Gasteiger partial charge in [0, 0.05) is 18.3 Å². The van der Waals surface area contributed by atoms with E-state index in [1.165, 1.54) is 0 Å². The Labute approximate surface area is 123 Å². The molecular weight excluding hydrogens is 260 g/mol. The third-order valence-corrected chi connectivity index (χ3v) is 3.45. The highest BCUT2D eigenvalue weighted by Crippen LogP contribution is 2.23. The van der Waals surface area contributed by atoms with Crippen molar-refractivity contribution in [2.45, 2.75) is 6.54 Å². The number of nitrogens with one attached hydrogen (secondary N) is 1. The molecule has 21 heavy (non-hydrogen) atoms. The van der Waals surface area contributed by atoms with Crippen LogP contribution >= 0.6 is 0 Å². The molecule has 0 spiro atoms. The topological polar surface area (TPSA) is 58.9 Å². The number of H-pyrrole nitrogens is 1. The second kappa shape index (κ2) is 5.77. The van der Waals surface area contributed by atoms with E-state index in [1.807, 2.05) is 60.7 Å². The van der Waals surface area contributed by atoms with E-state index in [2.05, 4.69) is 4.98 Å². The van der Waals surface area contributed by atoms with Crippen LogP contribution in [0.2, 0.25) is 0 Å². The first-order valence-corrected chi connectivity index (χ1v) is 6.85. The third kappa shape index (κ3) is 2.93. The highest BCUT2D eigenvalue weighted by Gasteiger charge is 2.04. The van der Waals surface area contributed by atoms with Crippen LogP contribution in [0.3, 0.4) is 0 Å². The molecular formula is C18H16N2O. The summed E-state index contributed by atoms with van der Waals surface area (Å²) in [4.78, 5) is 14.8. The van der Waals surface area contributed by atoms with Gasteiger partial charge in [-0.3, -0.25) is 4.79 Å². The van der Waals surface area contributed by atoms with E-state index < -0.39 is 0 Å². The van der Waals surface area contributed by atoms with Crippen LogP contribution in [0.15, 0.2) is 71.5 Å². The molecule has 0 amide bonds. The van der Waals surface area contributed by atoms with Gasteiger partial charge in [0.1, 0.15) is 0 Å². The van der Waals surface area contributed by atoms with Crippen molar-refractivity contribution in [3.05, 3.63) is 82.6 Å². The van der Waals surface area contributed by atoms with Gasteiger partial charge < -0.3 is 10.7 Å². The van der Waals surface area contributed by atoms with Gasteiger partial charge in [-0.25, -0.2) is 0 Å². The Morgan fingerprint density at radius 2 is 1.52 bits per heavy atom. The number of aromatic amines is 1. The fourth-order valence-corrected chi connectivity index (χ4v) is 2.32. The molecule has 0 bridgehead atoms. The molecule has 0 fully saturated rings. The van der Waals surface area contributed by atoms with Crippen molar-refractivity contribution in [3.63, 3.8) is 0 Å². The van der Waals surface area contributed by atoms with Gasteiger partial charge in [0.05, 0.1) is 0 Å². The largest absolute Gasteiger partial charge is 0.326 e. The summed E-state index contributed by atoms with van der Waals surface area (Å²) < 4.78 is 0. The van der Waals surface area contributed by atoms with E-state index >= 15 is 0 Å². The van der Waals surface area contributed by atoms with Crippen LogP contribution in [0.4, 0.5) is 0 Å². The van der Waals surface area contributed by atoms with E-state index in [1.54, 1.807) is 6.07 Å². The monoisotopic (exact) mass is 276 g/mol. The molecule has 0 aliphatic heterocycles. The molecule has 0 aliphatic carbocycles. The lowest BCUT2D eigenvalue weighted by Gasteiger charge is -2.06. The Morgan fingerprint density at radius 1 is 0.810 bits per heavy atom. The fourth-order valence-electron chi connectivity index (χ4n) is 2.32. The van der Waals surface area contributed by atoms with Crippen LogP contribution in [-0.4, -0.2) is 4.98 Å². The Balaban J connectivity index is 2.07. The minimum Gasteiger partial charge on any atom is -0.326 e. The molecule has 0 saturated carbocycles. The molecule has 0 saturated heterocycles. The summed E-state index contributed by atoms with van der Waals surface area (Å²) in [6, 6.07) is 21.4. The highest BCUT2D eigenvalue weighted by molar-refractivity contribution is 5.70. The summed E-state index contributed by atoms with van der Waals surface area (Å²) in [5, 5.41) is 0. The number of hydrogen-bond donors (Lipinski definition) is 2. The van der Waals surface area contributed by atoms with Crippen molar-refractivity contribution in [2.24, 2.45) is 5.73 Å². The number of hydrogen-bond acceptors (Lipinski definition) is 2. The molecule has 0 radical (unpaired) electrons. The molecule has 0 atom stereocenters. The molecule has 3 heteroatoms. The lowest BCUT2D eigenvalue weighted by atomic mass is 10.0. The smallest absolute Gasteiger partial charge is 0.249 e. The summed E-state index contributed by atoms with van der Waals surface area (Å²) in [7, 11) is 0. The molecule has 3 rings (SSSR count). The average molecular weight is 276 g/mol. The van der Waals surface area contributed by atoms with Crippen LogP contribution in [0.1, 0.15) is 5.56 Å². The third-order valence-electron chi connectivity index (χ3n) is 3.45. The van der Waals surface area contributed by atoms with Gasteiger partial charge in [-0.1, -0.05) is 54.6 Å². The minimum atomic E-state index is -0.103. The van der Waals surface area contributed by atoms with Gasteiger partial charge >= 0.3 is 0 Å². The second-order valence-corrected chi connectivity index (χ2v) is 4.91. The van der Waals surface area contributed by atoms with Gasteiger partial charge in [0.15, 0.2) is 0 Å². The maximum atomic E-state index is 11.9. The molecule has 104 valence electrons. The zero-order valence-corrected chi connectivity index (χ0v) is 11.5. The second-order valence-electron chi connectivity index (χ2n) is 4.91. The predicted octanol–water partition coefficient (Wildman–Crippen LogP) is 3.17. The lowest BCUT2D eigenvalue weighted by Crippen LogP contribution is -2.05. The Bertz CT molecular complexity index is 789. The summed E-state index contributed by atoms with van der Waals surface area (Å²) in [5.41, 5.74) is 10.3. The van der Waals surface area contributed by atoms with Gasteiger partial charge in [0.2, 0.25) is 5.56 Å². The molecule has 0 unspecified atom stereocenters. The Hall–Kier alpha value is -2.65. The summed E-state index contributed by atoms with van der Waals surface area (Å²) >= 11 is 0. The quantitative estimate of drug-likeness (QED) is 0.772. The summed E-state index contributed by atoms with van der Waals surface area (Å²) in [5.74, 6) is 0. The molecule has 1 heterocycles. The predicted molar refractivity (Wildman–Crippen MR) is 85.8 cm³/mol. The Kier molecular flexibility index (Phi) is 3.67. The normalized spacial score (nSPS) is 10.5. The van der Waals surface area contributed by atoms with Crippen molar-refractivity contribution < 1.29 is 0 Å². The SMILES string of the molecule is NCc1ccc(-c2cc(-c3ccccc3)cc(=O)[nH]2)cc1. The molecule has 3 nitrogen and oxygen atoms in total. The van der Waals surface area contributed by atoms with Crippen LogP contribution in [0, 0.1) is 0 Å². The van der Waals surface area contributed by atoms with Gasteiger partial charge in [-0.2, -0.15) is 0 Å². The fraction of sp³-hybridized carbons (Fsp3) is 0.0556. The van der Waals surface area contributed by atoms with Gasteiger partial charge in [-0.15, -0.1) is 0 Å². The zero-order valence-electron chi connectivity index (χ0n) is 11.5. The molecule has 0 aliphatic rings. The number of nitrogens with two attached hydrogens (primary N) is 1. The molecule has 3 N–H and O–H groups in total. The van der Waals surface area contributed by atoms with Crippen molar-refractivity contribution in [2.75, 3.05) is 0 Å². The zero-order chi connectivity index (χ0) is 14.7. The van der Waals surface area contributed by atoms with E-state index in [0.717, 1.165) is 27.9 Å². The minimum absolute atomic E-state index is 0.103. The van der Waals surface area contributed by atoms with Gasteiger partial charge in [0.25, 0.3) is 0 Å². The van der Waals surface area contributed by atoms with Crippen molar-refractivity contribution in [3.8, 4) is 22.4 Å². The van der Waals surface area contributed by atoms with E-state index in [-0.39, 0.29) is 5.56 Å². The number of pyridine rings is 1. The van der Waals surface area contributed by atoms with E-state index in [0.29, 0.717) is 6.54 Å². The van der Waals surface area contributed by atoms with Crippen LogP contribution in [0.25, 0.3) is 22.4 Å². The molecule has 3 aromatic rings. The molecule has 1 aromatic heterocycles. The van der Waals surface area contributed by atoms with Crippen LogP contribution in [0.5, 0.6) is 0 Å². The van der Waals surface area contributed by atoms with E-state index in [4.69, 9.17) is 5.73 Å². The van der Waals surface area contributed by atoms with E-state index in [9.17, 15) is 4.79 Å². The maximum Gasteiger partial charge on any atom is 0.249 e. The van der Waals surface area contributed by atoms with Crippen molar-refractivity contribution in [1.29, 1.82) is 0 Å². The first-order valence-electron chi connectivity index (χ1n) is 6.85. The lowest BCUT2D eigenvalue weighted by molar-refractivity contribution is 1.07. The Morgan fingerprint density at radius 3 is 2.19 bits per heavy atom. The highest BCUT2D eigenvalue weighted by atomic mass is 16.1. The maximum absolute atomic E-state index is 11.9. The first kappa shape index (κ1) is 13.3. The number of benzene rings is 2. The summed E-state index contributed by atoms with van der Waals surface area (Å²) in [6.07, 6.45) is 0. The summed E-state index contributed by atoms with van der Waals surface area (Å²) in [6.45, 7) is 0.515. The number of aromatic nitrogens is 1. The standard InChI is InChI=1S/C18H16N2O/c19-12-13-6-8-15(9-7-13)17-10-16(11-18(21)20-17)14-4-2-1-3-5-14/h1-11H,12,19H2,(H,20,21). The average Bonchev–Trinajstić information content (AvgIpc) is 2.55. The van der Waals surface area contributed by atoms with Crippen LogP contribution < -0.4 is 11.3 Å². The number of rotatable bonds is 3. The van der Waals surface area contributed by atoms with Gasteiger partial charge in [-0.05, 0) is 28.3 Å². The van der Waals surface area contributed by atoms with Crippen molar-refractivity contribution >= 4 is 0 Å².